The summed E-state index contributed by atoms with van der Waals surface area (Å²) in [7, 11) is 1.59. The first-order valence-electron chi connectivity index (χ1n) is 9.13. The standard InChI is InChI=1S/C19H27N3O3/c1-25-17-9-5-8-15(10-17)20-19(24)21-16-11-18(23)22(13-16)12-14-6-3-2-4-7-14/h5,8-10,14,16H,2-4,6-7,11-13H2,1H3,(H2,20,21,24). The average molecular weight is 345 g/mol. The third-order valence-electron chi connectivity index (χ3n) is 5.08. The normalized spacial score (nSPS) is 21.2. The highest BCUT2D eigenvalue weighted by molar-refractivity contribution is 5.90. The summed E-state index contributed by atoms with van der Waals surface area (Å²) in [5.74, 6) is 1.46. The molecular formula is C19H27N3O3. The van der Waals surface area contributed by atoms with Gasteiger partial charge in [-0.2, -0.15) is 0 Å². The Morgan fingerprint density at radius 1 is 1.28 bits per heavy atom. The zero-order valence-corrected chi connectivity index (χ0v) is 14.8. The molecule has 1 aromatic rings. The number of ether oxygens (including phenoxy) is 1. The predicted molar refractivity (Wildman–Crippen MR) is 96.7 cm³/mol. The average Bonchev–Trinajstić information content (AvgIpc) is 2.94. The number of nitrogens with zero attached hydrogens (tertiary/aromatic N) is 1. The van der Waals surface area contributed by atoms with Crippen LogP contribution in [0, 0.1) is 5.92 Å². The molecule has 136 valence electrons. The molecule has 1 heterocycles. The minimum atomic E-state index is -0.287. The Hall–Kier alpha value is -2.24. The number of anilines is 1. The Kier molecular flexibility index (Phi) is 5.79. The second-order valence-electron chi connectivity index (χ2n) is 7.03. The summed E-state index contributed by atoms with van der Waals surface area (Å²) in [6, 6.07) is 6.79. The maximum atomic E-state index is 12.2. The molecule has 6 nitrogen and oxygen atoms in total. The lowest BCUT2D eigenvalue weighted by Gasteiger charge is -2.27. The van der Waals surface area contributed by atoms with Crippen LogP contribution in [0.2, 0.25) is 0 Å². The molecule has 3 amide bonds. The topological polar surface area (TPSA) is 70.7 Å². The summed E-state index contributed by atoms with van der Waals surface area (Å²) >= 11 is 0. The van der Waals surface area contributed by atoms with Gasteiger partial charge in [-0.3, -0.25) is 4.79 Å². The van der Waals surface area contributed by atoms with E-state index in [0.29, 0.717) is 30.3 Å². The molecule has 2 aliphatic rings. The third-order valence-corrected chi connectivity index (χ3v) is 5.08. The molecule has 0 spiro atoms. The van der Waals surface area contributed by atoms with Crippen LogP contribution in [-0.2, 0) is 4.79 Å². The van der Waals surface area contributed by atoms with Crippen LogP contribution in [0.4, 0.5) is 10.5 Å². The number of hydrogen-bond donors (Lipinski definition) is 2. The van der Waals surface area contributed by atoms with Gasteiger partial charge >= 0.3 is 6.03 Å². The molecule has 1 aliphatic carbocycles. The van der Waals surface area contributed by atoms with Crippen LogP contribution in [0.3, 0.4) is 0 Å². The van der Waals surface area contributed by atoms with E-state index in [1.807, 2.05) is 17.0 Å². The molecule has 1 aromatic carbocycles. The minimum absolute atomic E-state index is 0.123. The number of hydrogen-bond acceptors (Lipinski definition) is 3. The highest BCUT2D eigenvalue weighted by Gasteiger charge is 2.32. The Bertz CT molecular complexity index is 614. The van der Waals surface area contributed by atoms with Crippen molar-refractivity contribution < 1.29 is 14.3 Å². The third kappa shape index (κ3) is 4.87. The van der Waals surface area contributed by atoms with E-state index in [1.165, 1.54) is 32.1 Å². The highest BCUT2D eigenvalue weighted by Crippen LogP contribution is 2.26. The number of amides is 3. The lowest BCUT2D eigenvalue weighted by Crippen LogP contribution is -2.40. The van der Waals surface area contributed by atoms with E-state index in [4.69, 9.17) is 4.74 Å². The Balaban J connectivity index is 1.47. The van der Waals surface area contributed by atoms with Crippen molar-refractivity contribution in [3.63, 3.8) is 0 Å². The number of likely N-dealkylation sites (tertiary alicyclic amines) is 1. The van der Waals surface area contributed by atoms with E-state index < -0.39 is 0 Å². The molecular weight excluding hydrogens is 318 g/mol. The second kappa shape index (κ2) is 8.23. The molecule has 1 atom stereocenters. The minimum Gasteiger partial charge on any atom is -0.497 e. The molecule has 1 saturated heterocycles. The predicted octanol–water partition coefficient (Wildman–Crippen LogP) is 3.00. The molecule has 0 radical (unpaired) electrons. The van der Waals surface area contributed by atoms with Crippen molar-refractivity contribution in [2.24, 2.45) is 5.92 Å². The monoisotopic (exact) mass is 345 g/mol. The lowest BCUT2D eigenvalue weighted by molar-refractivity contribution is -0.128. The van der Waals surface area contributed by atoms with E-state index in [2.05, 4.69) is 10.6 Å². The number of benzene rings is 1. The van der Waals surface area contributed by atoms with Gasteiger partial charge in [-0.25, -0.2) is 4.79 Å². The second-order valence-corrected chi connectivity index (χ2v) is 7.03. The number of carbonyl (C=O) groups is 2. The molecule has 0 bridgehead atoms. The fourth-order valence-corrected chi connectivity index (χ4v) is 3.78. The number of carbonyl (C=O) groups excluding carboxylic acids is 2. The summed E-state index contributed by atoms with van der Waals surface area (Å²) in [4.78, 5) is 26.3. The highest BCUT2D eigenvalue weighted by atomic mass is 16.5. The molecule has 1 unspecified atom stereocenters. The van der Waals surface area contributed by atoms with Gasteiger partial charge in [0.2, 0.25) is 5.91 Å². The summed E-state index contributed by atoms with van der Waals surface area (Å²) in [6.07, 6.45) is 6.70. The zero-order chi connectivity index (χ0) is 17.6. The molecule has 2 fully saturated rings. The molecule has 6 heteroatoms. The van der Waals surface area contributed by atoms with Gasteiger partial charge < -0.3 is 20.3 Å². The van der Waals surface area contributed by atoms with Crippen molar-refractivity contribution in [3.8, 4) is 5.75 Å². The summed E-state index contributed by atoms with van der Waals surface area (Å²) in [5.41, 5.74) is 0.667. The lowest BCUT2D eigenvalue weighted by atomic mass is 9.89. The van der Waals surface area contributed by atoms with Crippen molar-refractivity contribution in [2.75, 3.05) is 25.5 Å². The first-order chi connectivity index (χ1) is 12.1. The van der Waals surface area contributed by atoms with Gasteiger partial charge in [0.05, 0.1) is 13.2 Å². The van der Waals surface area contributed by atoms with Gasteiger partial charge in [-0.1, -0.05) is 25.3 Å². The molecule has 1 aliphatic heterocycles. The van der Waals surface area contributed by atoms with Gasteiger partial charge in [0, 0.05) is 31.3 Å². The molecule has 3 rings (SSSR count). The van der Waals surface area contributed by atoms with Crippen LogP contribution in [0.15, 0.2) is 24.3 Å². The Morgan fingerprint density at radius 3 is 2.84 bits per heavy atom. The molecule has 2 N–H and O–H groups in total. The first-order valence-corrected chi connectivity index (χ1v) is 9.13. The van der Waals surface area contributed by atoms with Crippen molar-refractivity contribution in [3.05, 3.63) is 24.3 Å². The van der Waals surface area contributed by atoms with Crippen molar-refractivity contribution >= 4 is 17.6 Å². The van der Waals surface area contributed by atoms with E-state index in [-0.39, 0.29) is 18.0 Å². The van der Waals surface area contributed by atoms with Gasteiger partial charge in [-0.05, 0) is 30.9 Å². The SMILES string of the molecule is COc1cccc(NC(=O)NC2CC(=O)N(CC3CCCCC3)C2)c1. The van der Waals surface area contributed by atoms with E-state index in [0.717, 1.165) is 6.54 Å². The number of nitrogens with one attached hydrogen (secondary N) is 2. The molecule has 0 aromatic heterocycles. The Morgan fingerprint density at radius 2 is 2.08 bits per heavy atom. The Labute approximate surface area is 148 Å². The van der Waals surface area contributed by atoms with E-state index in [9.17, 15) is 9.59 Å². The van der Waals surface area contributed by atoms with Crippen LogP contribution in [0.5, 0.6) is 5.75 Å². The smallest absolute Gasteiger partial charge is 0.319 e. The maximum absolute atomic E-state index is 12.2. The van der Waals surface area contributed by atoms with Gasteiger partial charge in [0.1, 0.15) is 5.75 Å². The van der Waals surface area contributed by atoms with Gasteiger partial charge in [0.25, 0.3) is 0 Å². The van der Waals surface area contributed by atoms with Crippen molar-refractivity contribution in [1.82, 2.24) is 10.2 Å². The van der Waals surface area contributed by atoms with E-state index in [1.54, 1.807) is 19.2 Å². The van der Waals surface area contributed by atoms with Crippen molar-refractivity contribution in [2.45, 2.75) is 44.6 Å². The zero-order valence-electron chi connectivity index (χ0n) is 14.8. The quantitative estimate of drug-likeness (QED) is 0.862. The largest absolute Gasteiger partial charge is 0.497 e. The molecule has 25 heavy (non-hydrogen) atoms. The van der Waals surface area contributed by atoms with Crippen LogP contribution in [0.25, 0.3) is 0 Å². The van der Waals surface area contributed by atoms with Crippen LogP contribution < -0.4 is 15.4 Å². The number of methoxy groups -OCH3 is 1. The van der Waals surface area contributed by atoms with Crippen LogP contribution >= 0.6 is 0 Å². The van der Waals surface area contributed by atoms with E-state index >= 15 is 0 Å². The maximum Gasteiger partial charge on any atom is 0.319 e. The fourth-order valence-electron chi connectivity index (χ4n) is 3.78. The van der Waals surface area contributed by atoms with Crippen LogP contribution in [-0.4, -0.2) is 43.1 Å². The van der Waals surface area contributed by atoms with Crippen LogP contribution in [0.1, 0.15) is 38.5 Å². The fraction of sp³-hybridized carbons (Fsp3) is 0.579. The number of urea groups is 1. The molecule has 1 saturated carbocycles. The van der Waals surface area contributed by atoms with Gasteiger partial charge in [-0.15, -0.1) is 0 Å². The summed E-state index contributed by atoms with van der Waals surface area (Å²) in [6.45, 7) is 1.45. The van der Waals surface area contributed by atoms with Gasteiger partial charge in [0.15, 0.2) is 0 Å². The number of rotatable bonds is 5. The van der Waals surface area contributed by atoms with Crippen molar-refractivity contribution in [1.29, 1.82) is 0 Å². The summed E-state index contributed by atoms with van der Waals surface area (Å²) < 4.78 is 5.15. The summed E-state index contributed by atoms with van der Waals surface area (Å²) in [5, 5.41) is 5.70. The first kappa shape index (κ1) is 17.6.